The molecular formula is C18H20FNOS. The van der Waals surface area contributed by atoms with E-state index in [0.29, 0.717) is 23.6 Å². The Labute approximate surface area is 135 Å². The van der Waals surface area contributed by atoms with Gasteiger partial charge in [0.1, 0.15) is 5.82 Å². The molecule has 2 nitrogen and oxygen atoms in total. The van der Waals surface area contributed by atoms with Crippen LogP contribution in [-0.2, 0) is 17.0 Å². The van der Waals surface area contributed by atoms with Gasteiger partial charge in [-0.15, -0.1) is 11.8 Å². The molecule has 2 aromatic rings. The molecule has 0 aliphatic heterocycles. The number of benzene rings is 2. The second kappa shape index (κ2) is 9.26. The molecule has 0 spiro atoms. The van der Waals surface area contributed by atoms with E-state index in [0.717, 1.165) is 12.8 Å². The summed E-state index contributed by atoms with van der Waals surface area (Å²) in [6.45, 7) is 0.675. The minimum absolute atomic E-state index is 0.00870. The number of thioether (sulfide) groups is 1. The summed E-state index contributed by atoms with van der Waals surface area (Å²) in [7, 11) is 0. The number of hydrogen-bond acceptors (Lipinski definition) is 2. The third-order valence-electron chi connectivity index (χ3n) is 3.26. The van der Waals surface area contributed by atoms with Gasteiger partial charge in [-0.25, -0.2) is 4.39 Å². The molecule has 116 valence electrons. The molecule has 1 amide bonds. The number of halogens is 1. The number of rotatable bonds is 8. The SMILES string of the molecule is O=C(CSCc1ccccc1F)NCCCc1ccccc1. The lowest BCUT2D eigenvalue weighted by Crippen LogP contribution is -2.26. The van der Waals surface area contributed by atoms with E-state index in [9.17, 15) is 9.18 Å². The Morgan fingerprint density at radius 1 is 1.05 bits per heavy atom. The summed E-state index contributed by atoms with van der Waals surface area (Å²) in [6.07, 6.45) is 1.89. The summed E-state index contributed by atoms with van der Waals surface area (Å²) in [5, 5.41) is 2.90. The van der Waals surface area contributed by atoms with Gasteiger partial charge >= 0.3 is 0 Å². The summed E-state index contributed by atoms with van der Waals surface area (Å²) < 4.78 is 13.4. The first-order valence-electron chi connectivity index (χ1n) is 7.37. The number of carbonyl (C=O) groups is 1. The van der Waals surface area contributed by atoms with Crippen LogP contribution in [-0.4, -0.2) is 18.2 Å². The van der Waals surface area contributed by atoms with Crippen molar-refractivity contribution in [1.29, 1.82) is 0 Å². The van der Waals surface area contributed by atoms with Crippen molar-refractivity contribution in [3.05, 3.63) is 71.5 Å². The van der Waals surface area contributed by atoms with Gasteiger partial charge in [0.2, 0.25) is 5.91 Å². The summed E-state index contributed by atoms with van der Waals surface area (Å²) in [4.78, 5) is 11.7. The summed E-state index contributed by atoms with van der Waals surface area (Å²) >= 11 is 1.43. The molecule has 0 unspecified atom stereocenters. The maximum Gasteiger partial charge on any atom is 0.230 e. The Balaban J connectivity index is 1.57. The Bertz CT molecular complexity index is 589. The van der Waals surface area contributed by atoms with Crippen molar-refractivity contribution in [2.75, 3.05) is 12.3 Å². The minimum atomic E-state index is -0.210. The van der Waals surface area contributed by atoms with E-state index in [4.69, 9.17) is 0 Å². The normalized spacial score (nSPS) is 10.4. The molecule has 4 heteroatoms. The molecule has 0 radical (unpaired) electrons. The highest BCUT2D eigenvalue weighted by atomic mass is 32.2. The molecule has 1 N–H and O–H groups in total. The zero-order valence-corrected chi connectivity index (χ0v) is 13.2. The van der Waals surface area contributed by atoms with Gasteiger partial charge in [0.05, 0.1) is 5.75 Å². The Morgan fingerprint density at radius 2 is 1.77 bits per heavy atom. The Morgan fingerprint density at radius 3 is 2.55 bits per heavy atom. The van der Waals surface area contributed by atoms with Gasteiger partial charge in [0.25, 0.3) is 0 Å². The quantitative estimate of drug-likeness (QED) is 0.750. The fourth-order valence-corrected chi connectivity index (χ4v) is 2.93. The van der Waals surface area contributed by atoms with Crippen LogP contribution in [0.2, 0.25) is 0 Å². The molecule has 0 heterocycles. The van der Waals surface area contributed by atoms with Crippen LogP contribution < -0.4 is 5.32 Å². The van der Waals surface area contributed by atoms with Gasteiger partial charge in [0.15, 0.2) is 0 Å². The van der Waals surface area contributed by atoms with Crippen LogP contribution >= 0.6 is 11.8 Å². The first kappa shape index (κ1) is 16.6. The van der Waals surface area contributed by atoms with E-state index in [-0.39, 0.29) is 11.7 Å². The largest absolute Gasteiger partial charge is 0.355 e. The lowest BCUT2D eigenvalue weighted by Gasteiger charge is -2.06. The molecule has 0 saturated carbocycles. The number of aryl methyl sites for hydroxylation is 1. The van der Waals surface area contributed by atoms with E-state index < -0.39 is 0 Å². The highest BCUT2D eigenvalue weighted by molar-refractivity contribution is 7.99. The first-order valence-corrected chi connectivity index (χ1v) is 8.53. The molecule has 0 bridgehead atoms. The molecule has 0 aliphatic carbocycles. The van der Waals surface area contributed by atoms with Crippen molar-refractivity contribution in [3.63, 3.8) is 0 Å². The molecule has 0 saturated heterocycles. The fraction of sp³-hybridized carbons (Fsp3) is 0.278. The van der Waals surface area contributed by atoms with Gasteiger partial charge < -0.3 is 5.32 Å². The maximum absolute atomic E-state index is 13.4. The molecule has 0 atom stereocenters. The zero-order chi connectivity index (χ0) is 15.6. The topological polar surface area (TPSA) is 29.1 Å². The van der Waals surface area contributed by atoms with Crippen molar-refractivity contribution in [3.8, 4) is 0 Å². The first-order chi connectivity index (χ1) is 10.8. The van der Waals surface area contributed by atoms with Crippen LogP contribution in [0.3, 0.4) is 0 Å². The summed E-state index contributed by atoms with van der Waals surface area (Å²) in [6, 6.07) is 16.9. The number of hydrogen-bond donors (Lipinski definition) is 1. The molecule has 0 aliphatic rings. The van der Waals surface area contributed by atoms with E-state index in [2.05, 4.69) is 17.4 Å². The summed E-state index contributed by atoms with van der Waals surface area (Å²) in [5.41, 5.74) is 1.93. The van der Waals surface area contributed by atoms with Crippen molar-refractivity contribution < 1.29 is 9.18 Å². The maximum atomic E-state index is 13.4. The Kier molecular flexibility index (Phi) is 6.97. The van der Waals surface area contributed by atoms with Gasteiger partial charge in [0, 0.05) is 12.3 Å². The molecule has 0 fully saturated rings. The third-order valence-corrected chi connectivity index (χ3v) is 4.24. The molecular weight excluding hydrogens is 297 g/mol. The van der Waals surface area contributed by atoms with Crippen molar-refractivity contribution in [2.24, 2.45) is 0 Å². The lowest BCUT2D eigenvalue weighted by molar-refractivity contribution is -0.118. The molecule has 22 heavy (non-hydrogen) atoms. The van der Waals surface area contributed by atoms with Crippen LogP contribution in [0.25, 0.3) is 0 Å². The van der Waals surface area contributed by atoms with Crippen LogP contribution in [0.15, 0.2) is 54.6 Å². The lowest BCUT2D eigenvalue weighted by atomic mass is 10.1. The standard InChI is InChI=1S/C18H20FNOS/c19-17-11-5-4-10-16(17)13-22-14-18(21)20-12-6-9-15-7-2-1-3-8-15/h1-5,7-8,10-11H,6,9,12-14H2,(H,20,21). The minimum Gasteiger partial charge on any atom is -0.355 e. The van der Waals surface area contributed by atoms with Gasteiger partial charge in [-0.2, -0.15) is 0 Å². The highest BCUT2D eigenvalue weighted by Crippen LogP contribution is 2.14. The highest BCUT2D eigenvalue weighted by Gasteiger charge is 2.04. The monoisotopic (exact) mass is 317 g/mol. The number of amides is 1. The molecule has 2 rings (SSSR count). The number of carbonyl (C=O) groups excluding carboxylic acids is 1. The van der Waals surface area contributed by atoms with E-state index >= 15 is 0 Å². The van der Waals surface area contributed by atoms with Crippen molar-refractivity contribution in [1.82, 2.24) is 5.32 Å². The van der Waals surface area contributed by atoms with Crippen LogP contribution in [0, 0.1) is 5.82 Å². The van der Waals surface area contributed by atoms with E-state index in [1.807, 2.05) is 24.3 Å². The second-order valence-electron chi connectivity index (χ2n) is 5.02. The van der Waals surface area contributed by atoms with Crippen LogP contribution in [0.4, 0.5) is 4.39 Å². The Hall–Kier alpha value is -1.81. The van der Waals surface area contributed by atoms with E-state index in [1.165, 1.54) is 23.4 Å². The predicted molar refractivity (Wildman–Crippen MR) is 90.3 cm³/mol. The fourth-order valence-electron chi connectivity index (χ4n) is 2.09. The zero-order valence-electron chi connectivity index (χ0n) is 12.4. The van der Waals surface area contributed by atoms with Crippen LogP contribution in [0.5, 0.6) is 0 Å². The molecule has 0 aromatic heterocycles. The predicted octanol–water partition coefficient (Wildman–Crippen LogP) is 3.81. The van der Waals surface area contributed by atoms with Crippen molar-refractivity contribution in [2.45, 2.75) is 18.6 Å². The third kappa shape index (κ3) is 5.90. The average Bonchev–Trinajstić information content (AvgIpc) is 2.54. The second-order valence-corrected chi connectivity index (χ2v) is 6.01. The summed E-state index contributed by atoms with van der Waals surface area (Å²) in [5.74, 6) is 0.678. The van der Waals surface area contributed by atoms with Gasteiger partial charge in [-0.3, -0.25) is 4.79 Å². The average molecular weight is 317 g/mol. The van der Waals surface area contributed by atoms with Gasteiger partial charge in [-0.1, -0.05) is 48.5 Å². The molecule has 2 aromatic carbocycles. The van der Waals surface area contributed by atoms with Crippen LogP contribution in [0.1, 0.15) is 17.5 Å². The van der Waals surface area contributed by atoms with Crippen molar-refractivity contribution >= 4 is 17.7 Å². The van der Waals surface area contributed by atoms with E-state index in [1.54, 1.807) is 12.1 Å². The smallest absolute Gasteiger partial charge is 0.230 e. The number of nitrogens with one attached hydrogen (secondary N) is 1. The van der Waals surface area contributed by atoms with Gasteiger partial charge in [-0.05, 0) is 30.0 Å².